The van der Waals surface area contributed by atoms with Gasteiger partial charge in [0.25, 0.3) is 5.91 Å². The lowest BCUT2D eigenvalue weighted by atomic mass is 9.97. The van der Waals surface area contributed by atoms with Crippen molar-refractivity contribution in [2.45, 2.75) is 30.9 Å². The van der Waals surface area contributed by atoms with Gasteiger partial charge in [0.2, 0.25) is 10.0 Å². The maximum atomic E-state index is 12.2. The number of sulfonamides is 1. The fraction of sp³-hybridized carbons (Fsp3) is 0.588. The molecule has 1 aromatic carbocycles. The second-order valence-electron chi connectivity index (χ2n) is 6.52. The number of ether oxygens (including phenoxy) is 1. The Labute approximate surface area is 143 Å². The van der Waals surface area contributed by atoms with Gasteiger partial charge in [-0.3, -0.25) is 4.79 Å². The number of nitrogens with zero attached hydrogens (tertiary/aromatic N) is 1. The molecule has 1 amide bonds. The molecule has 24 heavy (non-hydrogen) atoms. The number of para-hydroxylation sites is 1. The number of likely N-dealkylation sites (tertiary alicyclic amines) is 1. The molecule has 0 spiro atoms. The first-order chi connectivity index (χ1) is 11.5. The van der Waals surface area contributed by atoms with Crippen LogP contribution < -0.4 is 9.46 Å². The van der Waals surface area contributed by atoms with Crippen molar-refractivity contribution in [3.8, 4) is 5.75 Å². The molecule has 1 saturated heterocycles. The summed E-state index contributed by atoms with van der Waals surface area (Å²) in [5.74, 6) is 0.976. The lowest BCUT2D eigenvalue weighted by Crippen LogP contribution is -2.43. The Balaban J connectivity index is 1.37. The van der Waals surface area contributed by atoms with Gasteiger partial charge >= 0.3 is 0 Å². The molecule has 0 atom stereocenters. The molecule has 6 nitrogen and oxygen atoms in total. The summed E-state index contributed by atoms with van der Waals surface area (Å²) in [5.41, 5.74) is 0. The second kappa shape index (κ2) is 7.53. The number of carbonyl (C=O) groups excluding carboxylic acids is 1. The van der Waals surface area contributed by atoms with Gasteiger partial charge in [0.15, 0.2) is 6.61 Å². The number of rotatable bonds is 7. The van der Waals surface area contributed by atoms with Crippen molar-refractivity contribution in [1.29, 1.82) is 0 Å². The van der Waals surface area contributed by atoms with Crippen LogP contribution in [-0.2, 0) is 14.8 Å². The largest absolute Gasteiger partial charge is 0.484 e. The van der Waals surface area contributed by atoms with Gasteiger partial charge in [0, 0.05) is 19.6 Å². The summed E-state index contributed by atoms with van der Waals surface area (Å²) in [5, 5.41) is -0.172. The van der Waals surface area contributed by atoms with E-state index in [-0.39, 0.29) is 17.8 Å². The Morgan fingerprint density at radius 1 is 1.12 bits per heavy atom. The zero-order valence-corrected chi connectivity index (χ0v) is 14.5. The first kappa shape index (κ1) is 17.2. The molecule has 1 N–H and O–H groups in total. The Kier molecular flexibility index (Phi) is 5.40. The van der Waals surface area contributed by atoms with Crippen molar-refractivity contribution < 1.29 is 17.9 Å². The smallest absolute Gasteiger partial charge is 0.260 e. The SMILES string of the molecule is O=C(COc1ccccc1)N1CCC(CNS(=O)(=O)C2CC2)CC1. The molecule has 2 fully saturated rings. The predicted octanol–water partition coefficient (Wildman–Crippen LogP) is 1.39. The lowest BCUT2D eigenvalue weighted by Gasteiger charge is -2.32. The van der Waals surface area contributed by atoms with E-state index in [1.807, 2.05) is 30.3 Å². The number of amides is 1. The maximum Gasteiger partial charge on any atom is 0.260 e. The Bertz CT molecular complexity index is 650. The summed E-state index contributed by atoms with van der Waals surface area (Å²) in [6, 6.07) is 9.29. The molecule has 7 heteroatoms. The summed E-state index contributed by atoms with van der Waals surface area (Å²) in [4.78, 5) is 14.0. The van der Waals surface area contributed by atoms with Crippen molar-refractivity contribution in [3.63, 3.8) is 0 Å². The quantitative estimate of drug-likeness (QED) is 0.804. The molecule has 2 aliphatic rings. The van der Waals surface area contributed by atoms with Crippen LogP contribution in [-0.4, -0.2) is 50.7 Å². The number of hydrogen-bond donors (Lipinski definition) is 1. The molecule has 132 valence electrons. The van der Waals surface area contributed by atoms with E-state index in [1.54, 1.807) is 4.90 Å². The van der Waals surface area contributed by atoms with E-state index >= 15 is 0 Å². The highest BCUT2D eigenvalue weighted by atomic mass is 32.2. The first-order valence-electron chi connectivity index (χ1n) is 8.49. The van der Waals surface area contributed by atoms with E-state index in [1.165, 1.54) is 0 Å². The van der Waals surface area contributed by atoms with Crippen LogP contribution in [0.3, 0.4) is 0 Å². The Morgan fingerprint density at radius 3 is 2.42 bits per heavy atom. The van der Waals surface area contributed by atoms with Gasteiger partial charge in [-0.05, 0) is 43.7 Å². The molecular weight excluding hydrogens is 328 g/mol. The highest BCUT2D eigenvalue weighted by Crippen LogP contribution is 2.27. The first-order valence-corrected chi connectivity index (χ1v) is 10.0. The average Bonchev–Trinajstić information content (AvgIpc) is 3.45. The molecule has 0 bridgehead atoms. The van der Waals surface area contributed by atoms with Crippen LogP contribution in [0.25, 0.3) is 0 Å². The van der Waals surface area contributed by atoms with E-state index in [9.17, 15) is 13.2 Å². The van der Waals surface area contributed by atoms with Crippen LogP contribution in [0, 0.1) is 5.92 Å². The van der Waals surface area contributed by atoms with Crippen molar-refractivity contribution in [2.24, 2.45) is 5.92 Å². The lowest BCUT2D eigenvalue weighted by molar-refractivity contribution is -0.134. The number of nitrogens with one attached hydrogen (secondary N) is 1. The highest BCUT2D eigenvalue weighted by Gasteiger charge is 2.36. The van der Waals surface area contributed by atoms with Gasteiger partial charge in [-0.25, -0.2) is 13.1 Å². The molecule has 0 aromatic heterocycles. The molecule has 1 saturated carbocycles. The Hall–Kier alpha value is -1.60. The van der Waals surface area contributed by atoms with E-state index in [0.29, 0.717) is 31.3 Å². The second-order valence-corrected chi connectivity index (χ2v) is 8.56. The Morgan fingerprint density at radius 2 is 1.79 bits per heavy atom. The van der Waals surface area contributed by atoms with Crippen molar-refractivity contribution in [2.75, 3.05) is 26.2 Å². The van der Waals surface area contributed by atoms with Crippen LogP contribution in [0.4, 0.5) is 0 Å². The third kappa shape index (κ3) is 4.70. The van der Waals surface area contributed by atoms with Crippen LogP contribution in [0.15, 0.2) is 30.3 Å². The number of benzene rings is 1. The van der Waals surface area contributed by atoms with E-state index in [2.05, 4.69) is 4.72 Å². The fourth-order valence-corrected chi connectivity index (χ4v) is 4.33. The third-order valence-electron chi connectivity index (χ3n) is 4.61. The van der Waals surface area contributed by atoms with Crippen LogP contribution in [0.1, 0.15) is 25.7 Å². The number of carbonyl (C=O) groups is 1. The van der Waals surface area contributed by atoms with Crippen LogP contribution in [0.5, 0.6) is 5.75 Å². The topological polar surface area (TPSA) is 75.7 Å². The average molecular weight is 352 g/mol. The van der Waals surface area contributed by atoms with Gasteiger partial charge in [-0.1, -0.05) is 18.2 Å². The summed E-state index contributed by atoms with van der Waals surface area (Å²) in [6.07, 6.45) is 3.21. The van der Waals surface area contributed by atoms with E-state index < -0.39 is 10.0 Å². The minimum Gasteiger partial charge on any atom is -0.484 e. The van der Waals surface area contributed by atoms with Crippen LogP contribution in [0.2, 0.25) is 0 Å². The van der Waals surface area contributed by atoms with Crippen molar-refractivity contribution in [1.82, 2.24) is 9.62 Å². The van der Waals surface area contributed by atoms with Gasteiger partial charge in [-0.2, -0.15) is 0 Å². The molecule has 1 aromatic rings. The summed E-state index contributed by atoms with van der Waals surface area (Å²) in [7, 11) is -3.11. The van der Waals surface area contributed by atoms with Gasteiger partial charge in [0.1, 0.15) is 5.75 Å². The summed E-state index contributed by atoms with van der Waals surface area (Å²) < 4.78 is 31.9. The minimum absolute atomic E-state index is 0.0177. The minimum atomic E-state index is -3.11. The van der Waals surface area contributed by atoms with Crippen molar-refractivity contribution in [3.05, 3.63) is 30.3 Å². The molecule has 0 unspecified atom stereocenters. The molecule has 1 heterocycles. The fourth-order valence-electron chi connectivity index (χ4n) is 2.87. The summed E-state index contributed by atoms with van der Waals surface area (Å²) >= 11 is 0. The molecule has 1 aliphatic heterocycles. The van der Waals surface area contributed by atoms with Gasteiger partial charge in [0.05, 0.1) is 5.25 Å². The zero-order valence-electron chi connectivity index (χ0n) is 13.7. The zero-order chi connectivity index (χ0) is 17.0. The van der Waals surface area contributed by atoms with Gasteiger partial charge in [-0.15, -0.1) is 0 Å². The molecule has 1 aliphatic carbocycles. The normalized spacial score (nSPS) is 19.2. The molecular formula is C17H24N2O4S. The number of piperidine rings is 1. The van der Waals surface area contributed by atoms with Crippen molar-refractivity contribution >= 4 is 15.9 Å². The number of hydrogen-bond acceptors (Lipinski definition) is 4. The summed E-state index contributed by atoms with van der Waals surface area (Å²) in [6.45, 7) is 1.85. The molecule has 0 radical (unpaired) electrons. The highest BCUT2D eigenvalue weighted by molar-refractivity contribution is 7.90. The third-order valence-corrected chi connectivity index (χ3v) is 6.53. The molecule has 3 rings (SSSR count). The monoisotopic (exact) mass is 352 g/mol. The maximum absolute atomic E-state index is 12.2. The predicted molar refractivity (Wildman–Crippen MR) is 91.2 cm³/mol. The van der Waals surface area contributed by atoms with E-state index in [4.69, 9.17) is 4.74 Å². The van der Waals surface area contributed by atoms with Gasteiger partial charge < -0.3 is 9.64 Å². The standard InChI is InChI=1S/C17H24N2O4S/c20-17(13-23-15-4-2-1-3-5-15)19-10-8-14(9-11-19)12-18-24(21,22)16-6-7-16/h1-5,14,16,18H,6-13H2. The van der Waals surface area contributed by atoms with Crippen LogP contribution >= 0.6 is 0 Å². The van der Waals surface area contributed by atoms with E-state index in [0.717, 1.165) is 25.7 Å².